The lowest BCUT2D eigenvalue weighted by Crippen LogP contribution is -2.27. The Labute approximate surface area is 242 Å². The number of fused-ring (bicyclic) bond motifs is 1. The molecule has 5 rings (SSSR count). The third-order valence-electron chi connectivity index (χ3n) is 7.21. The zero-order valence-electron chi connectivity index (χ0n) is 24.1. The lowest BCUT2D eigenvalue weighted by Gasteiger charge is -2.18. The average Bonchev–Trinajstić information content (AvgIpc) is 2.97. The highest BCUT2D eigenvalue weighted by atomic mass is 16.1. The summed E-state index contributed by atoms with van der Waals surface area (Å²) in [6, 6.07) is 32.0. The highest BCUT2D eigenvalue weighted by Gasteiger charge is 2.13. The van der Waals surface area contributed by atoms with E-state index in [-0.39, 0.29) is 5.91 Å². The number of amides is 1. The molecule has 0 bridgehead atoms. The lowest BCUT2D eigenvalue weighted by molar-refractivity contribution is 0.102. The van der Waals surface area contributed by atoms with Crippen molar-refractivity contribution < 1.29 is 4.79 Å². The first-order valence-corrected chi connectivity index (χ1v) is 14.2. The van der Waals surface area contributed by atoms with Gasteiger partial charge >= 0.3 is 0 Å². The summed E-state index contributed by atoms with van der Waals surface area (Å²) in [7, 11) is 0. The van der Waals surface area contributed by atoms with E-state index >= 15 is 0 Å². The largest absolute Gasteiger partial charge is 0.324 e. The zero-order valence-corrected chi connectivity index (χ0v) is 24.1. The maximum atomic E-state index is 13.1. The molecule has 0 aliphatic heterocycles. The van der Waals surface area contributed by atoms with E-state index in [0.717, 1.165) is 52.1 Å². The molecule has 6 heteroatoms. The number of anilines is 3. The molecule has 4 aromatic carbocycles. The monoisotopic (exact) mass is 543 g/mol. The molecule has 208 valence electrons. The van der Waals surface area contributed by atoms with Gasteiger partial charge in [0, 0.05) is 40.5 Å². The van der Waals surface area contributed by atoms with Crippen LogP contribution in [0.3, 0.4) is 0 Å². The van der Waals surface area contributed by atoms with Gasteiger partial charge in [-0.1, -0.05) is 74.5 Å². The Balaban J connectivity index is 1.28. The number of para-hydroxylation sites is 1. The third kappa shape index (κ3) is 6.97. The third-order valence-corrected chi connectivity index (χ3v) is 7.21. The number of hydrogen-bond donors (Lipinski definition) is 3. The molecule has 5 aromatic rings. The van der Waals surface area contributed by atoms with Gasteiger partial charge in [-0.25, -0.2) is 9.97 Å². The van der Waals surface area contributed by atoms with Gasteiger partial charge in [-0.2, -0.15) is 0 Å². The maximum absolute atomic E-state index is 13.1. The first-order valence-electron chi connectivity index (χ1n) is 14.2. The molecule has 1 heterocycles. The second kappa shape index (κ2) is 12.7. The number of benzene rings is 4. The second-order valence-electron chi connectivity index (χ2n) is 10.9. The SMILES string of the molecule is Cc1c(CN[C@@H](C)CC(C)C)cccc1NC(=O)c1ccc(Nc2nc(-c3ccccc3)c3ccccc3n2)cc1. The van der Waals surface area contributed by atoms with E-state index in [1.165, 1.54) is 5.56 Å². The Bertz CT molecular complexity index is 1630. The summed E-state index contributed by atoms with van der Waals surface area (Å²) in [6.45, 7) is 9.52. The van der Waals surface area contributed by atoms with Crippen molar-refractivity contribution in [2.75, 3.05) is 10.6 Å². The first-order chi connectivity index (χ1) is 19.9. The van der Waals surface area contributed by atoms with Gasteiger partial charge in [-0.15, -0.1) is 0 Å². The van der Waals surface area contributed by atoms with E-state index in [4.69, 9.17) is 9.97 Å². The van der Waals surface area contributed by atoms with Crippen LogP contribution in [0.25, 0.3) is 22.2 Å². The van der Waals surface area contributed by atoms with Crippen LogP contribution in [-0.4, -0.2) is 21.9 Å². The van der Waals surface area contributed by atoms with E-state index in [0.29, 0.717) is 23.5 Å². The normalized spacial score (nSPS) is 11.9. The first kappa shape index (κ1) is 28.0. The fourth-order valence-electron chi connectivity index (χ4n) is 5.06. The molecule has 0 fully saturated rings. The lowest BCUT2D eigenvalue weighted by atomic mass is 10.0. The second-order valence-corrected chi connectivity index (χ2v) is 10.9. The number of carbonyl (C=O) groups is 1. The fraction of sp³-hybridized carbons (Fsp3) is 0.229. The molecule has 0 saturated carbocycles. The standard InChI is InChI=1S/C35H37N5O/c1-23(2)21-24(3)36-22-28-13-10-16-31(25(28)4)38-34(41)27-17-19-29(20-18-27)37-35-39-32-15-9-8-14-30(32)33(40-35)26-11-6-5-7-12-26/h5-20,23-24,36H,21-22H2,1-4H3,(H,38,41)(H,37,39,40)/t24-/m0/s1. The van der Waals surface area contributed by atoms with Crippen molar-refractivity contribution in [3.05, 3.63) is 114 Å². The van der Waals surface area contributed by atoms with E-state index in [9.17, 15) is 4.79 Å². The van der Waals surface area contributed by atoms with E-state index < -0.39 is 0 Å². The minimum atomic E-state index is -0.147. The summed E-state index contributed by atoms with van der Waals surface area (Å²) in [5.74, 6) is 1.01. The van der Waals surface area contributed by atoms with Crippen LogP contribution in [0.1, 0.15) is 48.7 Å². The molecule has 1 amide bonds. The Morgan fingerprint density at radius 3 is 2.29 bits per heavy atom. The molecule has 0 aliphatic rings. The molecular weight excluding hydrogens is 506 g/mol. The molecule has 6 nitrogen and oxygen atoms in total. The molecule has 41 heavy (non-hydrogen) atoms. The van der Waals surface area contributed by atoms with Gasteiger partial charge < -0.3 is 16.0 Å². The summed E-state index contributed by atoms with van der Waals surface area (Å²) in [4.78, 5) is 22.7. The summed E-state index contributed by atoms with van der Waals surface area (Å²) in [5.41, 5.74) is 7.23. The average molecular weight is 544 g/mol. The zero-order chi connectivity index (χ0) is 28.8. The van der Waals surface area contributed by atoms with E-state index in [2.05, 4.69) is 49.7 Å². The predicted molar refractivity (Wildman–Crippen MR) is 170 cm³/mol. The molecule has 0 aliphatic carbocycles. The maximum Gasteiger partial charge on any atom is 0.255 e. The van der Waals surface area contributed by atoms with Crippen LogP contribution in [0.5, 0.6) is 0 Å². The number of carbonyl (C=O) groups excluding carboxylic acids is 1. The number of nitrogens with one attached hydrogen (secondary N) is 3. The molecular formula is C35H37N5O. The fourth-order valence-corrected chi connectivity index (χ4v) is 5.06. The van der Waals surface area contributed by atoms with Crippen molar-refractivity contribution in [2.24, 2.45) is 5.92 Å². The van der Waals surface area contributed by atoms with Crippen molar-refractivity contribution in [3.63, 3.8) is 0 Å². The number of nitrogens with zero attached hydrogens (tertiary/aromatic N) is 2. The summed E-state index contributed by atoms with van der Waals surface area (Å²) >= 11 is 0. The Hall–Kier alpha value is -4.55. The molecule has 0 unspecified atom stereocenters. The van der Waals surface area contributed by atoms with Crippen LogP contribution < -0.4 is 16.0 Å². The molecule has 0 radical (unpaired) electrons. The molecule has 1 atom stereocenters. The van der Waals surface area contributed by atoms with Crippen molar-refractivity contribution in [1.29, 1.82) is 0 Å². The van der Waals surface area contributed by atoms with Crippen molar-refractivity contribution >= 4 is 34.1 Å². The molecule has 3 N–H and O–H groups in total. The minimum absolute atomic E-state index is 0.147. The van der Waals surface area contributed by atoms with Crippen molar-refractivity contribution in [1.82, 2.24) is 15.3 Å². The van der Waals surface area contributed by atoms with Gasteiger partial charge in [0.1, 0.15) is 0 Å². The molecule has 0 saturated heterocycles. The minimum Gasteiger partial charge on any atom is -0.324 e. The predicted octanol–water partition coefficient (Wildman–Crippen LogP) is 8.13. The van der Waals surface area contributed by atoms with Crippen LogP contribution in [-0.2, 0) is 6.54 Å². The van der Waals surface area contributed by atoms with Gasteiger partial charge in [0.05, 0.1) is 11.2 Å². The van der Waals surface area contributed by atoms with Gasteiger partial charge in [-0.3, -0.25) is 4.79 Å². The van der Waals surface area contributed by atoms with E-state index in [1.54, 1.807) is 0 Å². The summed E-state index contributed by atoms with van der Waals surface area (Å²) < 4.78 is 0. The van der Waals surface area contributed by atoms with Crippen LogP contribution >= 0.6 is 0 Å². The number of rotatable bonds is 10. The van der Waals surface area contributed by atoms with Gasteiger partial charge in [0.25, 0.3) is 5.91 Å². The Kier molecular flexibility index (Phi) is 8.70. The summed E-state index contributed by atoms with van der Waals surface area (Å²) in [6.07, 6.45) is 1.13. The Morgan fingerprint density at radius 2 is 1.54 bits per heavy atom. The highest BCUT2D eigenvalue weighted by Crippen LogP contribution is 2.28. The quantitative estimate of drug-likeness (QED) is 0.166. The van der Waals surface area contributed by atoms with Crippen molar-refractivity contribution in [3.8, 4) is 11.3 Å². The topological polar surface area (TPSA) is 78.9 Å². The van der Waals surface area contributed by atoms with Gasteiger partial charge in [0.2, 0.25) is 5.95 Å². The molecule has 1 aromatic heterocycles. The van der Waals surface area contributed by atoms with E-state index in [1.807, 2.05) is 91.0 Å². The van der Waals surface area contributed by atoms with Crippen LogP contribution in [0.4, 0.5) is 17.3 Å². The Morgan fingerprint density at radius 1 is 0.805 bits per heavy atom. The van der Waals surface area contributed by atoms with Crippen LogP contribution in [0.15, 0.2) is 97.1 Å². The van der Waals surface area contributed by atoms with Gasteiger partial charge in [0.15, 0.2) is 0 Å². The van der Waals surface area contributed by atoms with Crippen LogP contribution in [0, 0.1) is 12.8 Å². The number of aromatic nitrogens is 2. The van der Waals surface area contributed by atoms with Crippen molar-refractivity contribution in [2.45, 2.75) is 46.7 Å². The molecule has 0 spiro atoms. The van der Waals surface area contributed by atoms with Gasteiger partial charge in [-0.05, 0) is 73.7 Å². The summed E-state index contributed by atoms with van der Waals surface area (Å²) in [5, 5.41) is 11.0. The van der Waals surface area contributed by atoms with Crippen LogP contribution in [0.2, 0.25) is 0 Å². The smallest absolute Gasteiger partial charge is 0.255 e. The highest BCUT2D eigenvalue weighted by molar-refractivity contribution is 6.05. The number of hydrogen-bond acceptors (Lipinski definition) is 5.